The summed E-state index contributed by atoms with van der Waals surface area (Å²) in [7, 11) is 1.27. The normalized spacial score (nSPS) is 10.6. The Balaban J connectivity index is 6.27. The standard InChI is InChI=1S/C87H92O2/c1-44-46(3)48(5)50(7)52(9)54(11)56(13)58(15)60(17)62(19)64(21)66(23)67(24)68(25)69(26)71(28)73(30)75(32)77(34)79(36)81(38)83(40)85(42)86(87(88)89-43)84(41)82(39)80(37)78(35)76(33)74(31)72(29)70(27)65(22)63(20)61(18)59(16)57(14)55(12)53(10)51(8)49(6)47(4)45-2/h44-45,85-86H,1-41H2,42-43H3. The van der Waals surface area contributed by atoms with Crippen molar-refractivity contribution in [1.82, 2.24) is 0 Å². The predicted molar refractivity (Wildman–Crippen MR) is 402 cm³/mol. The molecule has 0 aliphatic heterocycles. The molecular weight excluding hydrogens is 1080 g/mol. The second kappa shape index (κ2) is 31.8. The van der Waals surface area contributed by atoms with E-state index in [2.05, 4.69) is 270 Å². The molecule has 0 aromatic heterocycles. The number of carbonyl (C=O) groups excluding carboxylic acids is 1. The molecule has 0 saturated heterocycles. The van der Waals surface area contributed by atoms with Crippen LogP contribution in [0.4, 0.5) is 0 Å². The van der Waals surface area contributed by atoms with E-state index in [9.17, 15) is 4.79 Å². The van der Waals surface area contributed by atoms with Gasteiger partial charge in [0.1, 0.15) is 0 Å². The number of ether oxygens (including phenoxy) is 1. The zero-order chi connectivity index (χ0) is 70.4. The lowest BCUT2D eigenvalue weighted by Crippen LogP contribution is -2.28. The van der Waals surface area contributed by atoms with E-state index in [4.69, 9.17) is 4.74 Å². The molecule has 0 rings (SSSR count). The fraction of sp³-hybridized carbons (Fsp3) is 0.0460. The molecule has 89 heavy (non-hydrogen) atoms. The lowest BCUT2D eigenvalue weighted by Gasteiger charge is -2.29. The maximum Gasteiger partial charge on any atom is 0.313 e. The van der Waals surface area contributed by atoms with Crippen molar-refractivity contribution in [1.29, 1.82) is 0 Å². The molecule has 0 N–H and O–H groups in total. The fourth-order valence-electron chi connectivity index (χ4n) is 8.11. The van der Waals surface area contributed by atoms with Gasteiger partial charge in [-0.15, -0.1) is 0 Å². The van der Waals surface area contributed by atoms with Gasteiger partial charge in [0, 0.05) is 0 Å². The Morgan fingerprint density at radius 1 is 0.225 bits per heavy atom. The molecule has 2 unspecified atom stereocenters. The first kappa shape index (κ1) is 77.8. The summed E-state index contributed by atoms with van der Waals surface area (Å²) in [5.74, 6) is -2.36. The van der Waals surface area contributed by atoms with Gasteiger partial charge in [-0.1, -0.05) is 289 Å². The maximum atomic E-state index is 13.8. The molecule has 0 aliphatic rings. The molecule has 0 amide bonds. The van der Waals surface area contributed by atoms with Crippen molar-refractivity contribution in [2.75, 3.05) is 7.11 Å². The number of rotatable bonds is 43. The summed E-state index contributed by atoms with van der Waals surface area (Å²) in [6, 6.07) is 0. The van der Waals surface area contributed by atoms with Crippen molar-refractivity contribution >= 4 is 5.97 Å². The van der Waals surface area contributed by atoms with Crippen molar-refractivity contribution in [3.05, 3.63) is 499 Å². The van der Waals surface area contributed by atoms with Gasteiger partial charge in [-0.05, 0) is 223 Å². The predicted octanol–water partition coefficient (Wildman–Crippen LogP) is 23.5. The summed E-state index contributed by atoms with van der Waals surface area (Å²) in [4.78, 5) is 13.8. The zero-order valence-corrected chi connectivity index (χ0v) is 54.1. The van der Waals surface area contributed by atoms with Gasteiger partial charge in [-0.2, -0.15) is 0 Å². The largest absolute Gasteiger partial charge is 0.469 e. The minimum absolute atomic E-state index is 0.264. The van der Waals surface area contributed by atoms with Crippen LogP contribution in [-0.4, -0.2) is 13.1 Å². The Kier molecular flexibility index (Phi) is 27.8. The fourth-order valence-corrected chi connectivity index (χ4v) is 8.11. The average Bonchev–Trinajstić information content (AvgIpc) is 1.58. The minimum atomic E-state index is -1.04. The van der Waals surface area contributed by atoms with Crippen LogP contribution in [0.3, 0.4) is 0 Å². The smallest absolute Gasteiger partial charge is 0.313 e. The van der Waals surface area contributed by atoms with E-state index >= 15 is 0 Å². The first-order chi connectivity index (χ1) is 40.7. The van der Waals surface area contributed by atoms with Crippen molar-refractivity contribution in [2.45, 2.75) is 6.92 Å². The number of hydrogen-bond donors (Lipinski definition) is 0. The lowest BCUT2D eigenvalue weighted by atomic mass is 9.74. The number of allylic oxidation sites excluding steroid dienone is 40. The molecule has 452 valence electrons. The topological polar surface area (TPSA) is 26.3 Å². The van der Waals surface area contributed by atoms with Gasteiger partial charge < -0.3 is 4.74 Å². The Labute approximate surface area is 537 Å². The summed E-state index contributed by atoms with van der Waals surface area (Å²) in [6.07, 6.45) is 3.16. The van der Waals surface area contributed by atoms with E-state index in [1.54, 1.807) is 19.1 Å². The van der Waals surface area contributed by atoms with E-state index in [0.29, 0.717) is 206 Å². The number of methoxy groups -OCH3 is 1. The third kappa shape index (κ3) is 17.0. The third-order valence-electron chi connectivity index (χ3n) is 15.9. The summed E-state index contributed by atoms with van der Waals surface area (Å²) < 4.78 is 5.32. The van der Waals surface area contributed by atoms with Gasteiger partial charge in [0.2, 0.25) is 0 Å². The first-order valence-electron chi connectivity index (χ1n) is 27.0. The number of carbonyl (C=O) groups is 1. The van der Waals surface area contributed by atoms with Crippen LogP contribution in [0.1, 0.15) is 6.92 Å². The average molecular weight is 1170 g/mol. The van der Waals surface area contributed by atoms with Crippen molar-refractivity contribution in [2.24, 2.45) is 11.8 Å². The molecule has 2 atom stereocenters. The quantitative estimate of drug-likeness (QED) is 0.0449. The summed E-state index contributed by atoms with van der Waals surface area (Å²) in [6.45, 7) is 173. The number of hydrogen-bond acceptors (Lipinski definition) is 2. The summed E-state index contributed by atoms with van der Waals surface area (Å²) in [5, 5.41) is 0. The van der Waals surface area contributed by atoms with Crippen LogP contribution >= 0.6 is 0 Å². The Morgan fingerprint density at radius 2 is 0.348 bits per heavy atom. The molecule has 0 fully saturated rings. The van der Waals surface area contributed by atoms with Gasteiger partial charge in [0.25, 0.3) is 0 Å². The molecule has 0 aliphatic carbocycles. The lowest BCUT2D eigenvalue weighted by molar-refractivity contribution is -0.145. The summed E-state index contributed by atoms with van der Waals surface area (Å²) >= 11 is 0. The van der Waals surface area contributed by atoms with Crippen LogP contribution in [0, 0.1) is 11.8 Å². The number of esters is 1. The van der Waals surface area contributed by atoms with Crippen LogP contribution in [0.5, 0.6) is 0 Å². The van der Waals surface area contributed by atoms with E-state index in [0.717, 1.165) is 0 Å². The van der Waals surface area contributed by atoms with Crippen LogP contribution in [0.15, 0.2) is 499 Å². The van der Waals surface area contributed by atoms with Crippen molar-refractivity contribution < 1.29 is 9.53 Å². The molecule has 0 saturated carbocycles. The maximum absolute atomic E-state index is 13.8. The Hall–Kier alpha value is -11.2. The van der Waals surface area contributed by atoms with Crippen LogP contribution < -0.4 is 0 Å². The molecule has 0 bridgehead atoms. The highest BCUT2D eigenvalue weighted by Crippen LogP contribution is 2.44. The van der Waals surface area contributed by atoms with E-state index in [1.807, 2.05) is 0 Å². The molecule has 0 aromatic rings. The van der Waals surface area contributed by atoms with E-state index < -0.39 is 17.8 Å². The van der Waals surface area contributed by atoms with Crippen molar-refractivity contribution in [3.8, 4) is 0 Å². The third-order valence-corrected chi connectivity index (χ3v) is 15.9. The SMILES string of the molecule is C=CC(=C)C(=C)C(=C)C(=C)C(=C)C(=C)C(=C)C(=C)C(=C)C(=C)C(=C)C(=C)C(=C)C(=C)C(=C)C(=C)C(=C)C(=C)C(=C)C(=C)C(=C)C(C)C(C(=C)C(=C)C(=C)C(=C)C(=C)C(=C)C(=C)C(=C)C(=C)C(=C)C(=C)C(=C)C(=C)C(=C)C(=C)C(=C)C(=C)C(=C)C=C)C(=O)OC. The molecular formula is C87H92O2. The van der Waals surface area contributed by atoms with E-state index in [-0.39, 0.29) is 11.1 Å². The zero-order valence-electron chi connectivity index (χ0n) is 54.1. The highest BCUT2D eigenvalue weighted by Gasteiger charge is 2.34. The molecule has 0 heterocycles. The monoisotopic (exact) mass is 1170 g/mol. The van der Waals surface area contributed by atoms with Gasteiger partial charge in [0.05, 0.1) is 13.0 Å². The highest BCUT2D eigenvalue weighted by atomic mass is 16.5. The van der Waals surface area contributed by atoms with Gasteiger partial charge in [-0.25, -0.2) is 0 Å². The Morgan fingerprint density at radius 3 is 0.483 bits per heavy atom. The van der Waals surface area contributed by atoms with Crippen molar-refractivity contribution in [3.63, 3.8) is 0 Å². The molecule has 2 nitrogen and oxygen atoms in total. The second-order valence-electron chi connectivity index (χ2n) is 21.0. The highest BCUT2D eigenvalue weighted by molar-refractivity contribution is 5.82. The van der Waals surface area contributed by atoms with Gasteiger partial charge >= 0.3 is 5.97 Å². The Bertz CT molecular complexity index is 3890. The van der Waals surface area contributed by atoms with Crippen LogP contribution in [0.2, 0.25) is 0 Å². The summed E-state index contributed by atoms with van der Waals surface area (Å²) in [5.41, 5.74) is 16.3. The molecule has 0 radical (unpaired) electrons. The van der Waals surface area contributed by atoms with Crippen LogP contribution in [0.25, 0.3) is 0 Å². The van der Waals surface area contributed by atoms with Crippen LogP contribution in [-0.2, 0) is 9.53 Å². The van der Waals surface area contributed by atoms with Gasteiger partial charge in [-0.3, -0.25) is 4.79 Å². The molecule has 2 heteroatoms. The molecule has 0 aromatic carbocycles. The minimum Gasteiger partial charge on any atom is -0.469 e. The first-order valence-corrected chi connectivity index (χ1v) is 27.0. The second-order valence-corrected chi connectivity index (χ2v) is 21.0. The molecule has 0 spiro atoms. The van der Waals surface area contributed by atoms with Gasteiger partial charge in [0.15, 0.2) is 0 Å². The van der Waals surface area contributed by atoms with E-state index in [1.165, 1.54) is 7.11 Å².